The number of hydrogen-bond acceptors (Lipinski definition) is 5. The van der Waals surface area contributed by atoms with Crippen molar-refractivity contribution in [2.24, 2.45) is 0 Å². The molecule has 0 saturated carbocycles. The topological polar surface area (TPSA) is 90.6 Å². The maximum atomic E-state index is 14.9. The van der Waals surface area contributed by atoms with Crippen LogP contribution in [0.4, 0.5) is 4.39 Å². The zero-order valence-corrected chi connectivity index (χ0v) is 17.7. The number of halogens is 1. The molecule has 0 spiro atoms. The van der Waals surface area contributed by atoms with E-state index in [0.717, 1.165) is 12.8 Å². The summed E-state index contributed by atoms with van der Waals surface area (Å²) in [5.41, 5.74) is 1.81. The van der Waals surface area contributed by atoms with Gasteiger partial charge in [-0.2, -0.15) is 10.2 Å². The van der Waals surface area contributed by atoms with Crippen molar-refractivity contribution in [2.75, 3.05) is 6.61 Å². The number of aromatic amines is 1. The van der Waals surface area contributed by atoms with Crippen molar-refractivity contribution in [1.29, 1.82) is 0 Å². The van der Waals surface area contributed by atoms with E-state index in [4.69, 9.17) is 9.72 Å². The van der Waals surface area contributed by atoms with Gasteiger partial charge in [0.25, 0.3) is 5.56 Å². The molecule has 0 amide bonds. The number of pyridine rings is 2. The fourth-order valence-corrected chi connectivity index (χ4v) is 3.72. The molecular formula is C23H21FN6O2. The van der Waals surface area contributed by atoms with Crippen LogP contribution >= 0.6 is 0 Å². The summed E-state index contributed by atoms with van der Waals surface area (Å²) in [7, 11) is 0. The van der Waals surface area contributed by atoms with Crippen LogP contribution < -0.4 is 10.3 Å². The first kappa shape index (κ1) is 19.9. The monoisotopic (exact) mass is 432 g/mol. The quantitative estimate of drug-likeness (QED) is 0.409. The number of H-pyrrole nitrogens is 1. The molecule has 0 aliphatic carbocycles. The number of unbranched alkanes of at least 4 members (excludes halogenated alkanes) is 1. The van der Waals surface area contributed by atoms with E-state index in [-0.39, 0.29) is 11.2 Å². The van der Waals surface area contributed by atoms with Crippen LogP contribution in [0.2, 0.25) is 0 Å². The number of nitrogens with zero attached hydrogens (tertiary/aromatic N) is 5. The number of nitrogens with one attached hydrogen (secondary N) is 1. The Labute approximate surface area is 182 Å². The molecule has 8 nitrogen and oxygen atoms in total. The first-order valence-electron chi connectivity index (χ1n) is 10.4. The number of aryl methyl sites for hydroxylation is 1. The van der Waals surface area contributed by atoms with Crippen molar-refractivity contribution in [3.63, 3.8) is 0 Å². The SMILES string of the molecule is CCCCOc1ccc(F)c(-n2nc(C)c3c(=O)[nH]c4ccc(-n5cccn5)nc4c32)c1. The molecule has 0 bridgehead atoms. The maximum Gasteiger partial charge on any atom is 0.259 e. The summed E-state index contributed by atoms with van der Waals surface area (Å²) in [5, 5.41) is 9.08. The van der Waals surface area contributed by atoms with Crippen molar-refractivity contribution in [3.05, 3.63) is 70.7 Å². The fraction of sp³-hybridized carbons (Fsp3) is 0.217. The van der Waals surface area contributed by atoms with Crippen LogP contribution in [0.1, 0.15) is 25.5 Å². The second-order valence-corrected chi connectivity index (χ2v) is 7.51. The standard InChI is InChI=1S/C23H21FN6O2/c1-3-4-12-32-15-6-7-16(24)18(13-15)30-22-20(14(2)28-30)23(31)26-17-8-9-19(27-21(17)22)29-11-5-10-25-29/h5-11,13H,3-4,12H2,1-2H3,(H,26,31). The van der Waals surface area contributed by atoms with Crippen molar-refractivity contribution in [1.82, 2.24) is 29.5 Å². The van der Waals surface area contributed by atoms with E-state index in [2.05, 4.69) is 22.1 Å². The molecule has 0 saturated heterocycles. The zero-order valence-electron chi connectivity index (χ0n) is 17.7. The average Bonchev–Trinajstić information content (AvgIpc) is 3.44. The van der Waals surface area contributed by atoms with E-state index in [1.54, 1.807) is 54.3 Å². The lowest BCUT2D eigenvalue weighted by Gasteiger charge is -2.11. The van der Waals surface area contributed by atoms with E-state index >= 15 is 0 Å². The van der Waals surface area contributed by atoms with Crippen molar-refractivity contribution < 1.29 is 9.13 Å². The lowest BCUT2D eigenvalue weighted by Crippen LogP contribution is -2.09. The third-order valence-corrected chi connectivity index (χ3v) is 5.29. The lowest BCUT2D eigenvalue weighted by atomic mass is 10.2. The van der Waals surface area contributed by atoms with Crippen molar-refractivity contribution in [3.8, 4) is 17.3 Å². The van der Waals surface area contributed by atoms with E-state index in [1.165, 1.54) is 10.7 Å². The predicted molar refractivity (Wildman–Crippen MR) is 119 cm³/mol. The molecule has 0 radical (unpaired) electrons. The Morgan fingerprint density at radius 1 is 1.22 bits per heavy atom. The molecule has 162 valence electrons. The molecule has 32 heavy (non-hydrogen) atoms. The van der Waals surface area contributed by atoms with E-state index in [9.17, 15) is 9.18 Å². The number of ether oxygens (including phenoxy) is 1. The Kier molecular flexibility index (Phi) is 4.93. The summed E-state index contributed by atoms with van der Waals surface area (Å²) in [6, 6.07) is 9.84. The van der Waals surface area contributed by atoms with Crippen LogP contribution in [0.3, 0.4) is 0 Å². The fourth-order valence-electron chi connectivity index (χ4n) is 3.72. The van der Waals surface area contributed by atoms with Crippen molar-refractivity contribution >= 4 is 21.9 Å². The summed E-state index contributed by atoms with van der Waals surface area (Å²) >= 11 is 0. The Morgan fingerprint density at radius 2 is 2.09 bits per heavy atom. The molecule has 4 heterocycles. The summed E-state index contributed by atoms with van der Waals surface area (Å²) in [6.07, 6.45) is 5.32. The van der Waals surface area contributed by atoms with Gasteiger partial charge in [-0.15, -0.1) is 0 Å². The van der Waals surface area contributed by atoms with E-state index in [0.29, 0.717) is 45.8 Å². The molecule has 0 atom stereocenters. The third kappa shape index (κ3) is 3.31. The minimum atomic E-state index is -0.478. The van der Waals surface area contributed by atoms with Crippen molar-refractivity contribution in [2.45, 2.75) is 26.7 Å². The van der Waals surface area contributed by atoms with Crippen LogP contribution in [0.25, 0.3) is 33.4 Å². The van der Waals surface area contributed by atoms with Gasteiger partial charge in [0.05, 0.1) is 23.2 Å². The van der Waals surface area contributed by atoms with Crippen LogP contribution in [0, 0.1) is 12.7 Å². The van der Waals surface area contributed by atoms with Gasteiger partial charge in [0, 0.05) is 18.5 Å². The second kappa shape index (κ2) is 7.92. The first-order chi connectivity index (χ1) is 15.6. The van der Waals surface area contributed by atoms with Crippen LogP contribution in [0.15, 0.2) is 53.6 Å². The molecule has 9 heteroatoms. The Morgan fingerprint density at radius 3 is 2.88 bits per heavy atom. The molecule has 0 fully saturated rings. The van der Waals surface area contributed by atoms with Crippen LogP contribution in [-0.4, -0.2) is 36.1 Å². The number of benzene rings is 1. The Balaban J connectivity index is 1.77. The average molecular weight is 432 g/mol. The molecular weight excluding hydrogens is 411 g/mol. The molecule has 5 rings (SSSR count). The molecule has 5 aromatic rings. The van der Waals surface area contributed by atoms with Gasteiger partial charge >= 0.3 is 0 Å². The van der Waals surface area contributed by atoms with E-state index < -0.39 is 5.82 Å². The van der Waals surface area contributed by atoms with Gasteiger partial charge in [-0.05, 0) is 43.7 Å². The lowest BCUT2D eigenvalue weighted by molar-refractivity contribution is 0.309. The number of hydrogen-bond donors (Lipinski definition) is 1. The highest BCUT2D eigenvalue weighted by atomic mass is 19.1. The molecule has 1 N–H and O–H groups in total. The van der Waals surface area contributed by atoms with Gasteiger partial charge in [-0.1, -0.05) is 13.3 Å². The minimum Gasteiger partial charge on any atom is -0.494 e. The number of aromatic nitrogens is 6. The molecule has 1 aromatic carbocycles. The summed E-state index contributed by atoms with van der Waals surface area (Å²) in [4.78, 5) is 20.4. The largest absolute Gasteiger partial charge is 0.494 e. The van der Waals surface area contributed by atoms with Crippen LogP contribution in [-0.2, 0) is 0 Å². The van der Waals surface area contributed by atoms with Gasteiger partial charge in [-0.3, -0.25) is 4.79 Å². The predicted octanol–water partition coefficient (Wildman–Crippen LogP) is 4.07. The number of rotatable bonds is 6. The Bertz CT molecular complexity index is 1490. The normalized spacial score (nSPS) is 11.5. The highest BCUT2D eigenvalue weighted by Gasteiger charge is 2.20. The zero-order chi connectivity index (χ0) is 22.2. The molecule has 0 aliphatic rings. The van der Waals surface area contributed by atoms with Gasteiger partial charge in [0.1, 0.15) is 28.3 Å². The van der Waals surface area contributed by atoms with E-state index in [1.807, 2.05) is 0 Å². The second-order valence-electron chi connectivity index (χ2n) is 7.51. The highest BCUT2D eigenvalue weighted by molar-refractivity contribution is 6.02. The van der Waals surface area contributed by atoms with Gasteiger partial charge < -0.3 is 9.72 Å². The molecule has 0 aliphatic heterocycles. The summed E-state index contributed by atoms with van der Waals surface area (Å²) < 4.78 is 23.8. The summed E-state index contributed by atoms with van der Waals surface area (Å²) in [6.45, 7) is 4.33. The Hall–Kier alpha value is -4.01. The smallest absolute Gasteiger partial charge is 0.259 e. The van der Waals surface area contributed by atoms with Gasteiger partial charge in [0.15, 0.2) is 5.82 Å². The van der Waals surface area contributed by atoms with Gasteiger partial charge in [0.2, 0.25) is 0 Å². The third-order valence-electron chi connectivity index (χ3n) is 5.29. The number of fused-ring (bicyclic) bond motifs is 3. The van der Waals surface area contributed by atoms with Crippen LogP contribution in [0.5, 0.6) is 5.75 Å². The maximum absolute atomic E-state index is 14.9. The summed E-state index contributed by atoms with van der Waals surface area (Å²) in [5.74, 6) is 0.628. The highest BCUT2D eigenvalue weighted by Crippen LogP contribution is 2.28. The first-order valence-corrected chi connectivity index (χ1v) is 10.4. The minimum absolute atomic E-state index is 0.190. The van der Waals surface area contributed by atoms with Gasteiger partial charge in [-0.25, -0.2) is 18.7 Å². The molecule has 0 unspecified atom stereocenters. The molecule has 4 aromatic heterocycles.